The predicted octanol–water partition coefficient (Wildman–Crippen LogP) is 3.96. The van der Waals surface area contributed by atoms with Gasteiger partial charge in [-0.1, -0.05) is 48.0 Å². The molecule has 3 aromatic carbocycles. The molecule has 5 nitrogen and oxygen atoms in total. The summed E-state index contributed by atoms with van der Waals surface area (Å²) in [4.78, 5) is 12.7. The van der Waals surface area contributed by atoms with Crippen LogP contribution in [0.3, 0.4) is 0 Å². The van der Waals surface area contributed by atoms with Gasteiger partial charge in [-0.25, -0.2) is 8.42 Å². The minimum absolute atomic E-state index is 0.312. The highest BCUT2D eigenvalue weighted by Crippen LogP contribution is 2.23. The first-order valence-corrected chi connectivity index (χ1v) is 11.0. The zero-order chi connectivity index (χ0) is 20.3. The highest BCUT2D eigenvalue weighted by atomic mass is 35.5. The average Bonchev–Trinajstić information content (AvgIpc) is 2.66. The first-order valence-electron chi connectivity index (χ1n) is 8.76. The van der Waals surface area contributed by atoms with Gasteiger partial charge in [-0.2, -0.15) is 0 Å². The van der Waals surface area contributed by atoms with Gasteiger partial charge in [0.2, 0.25) is 15.9 Å². The Hall–Kier alpha value is -2.57. The van der Waals surface area contributed by atoms with Gasteiger partial charge < -0.3 is 5.32 Å². The van der Waals surface area contributed by atoms with E-state index in [-0.39, 0.29) is 5.91 Å². The minimum Gasteiger partial charge on any atom is -0.350 e. The highest BCUT2D eigenvalue weighted by Gasteiger charge is 2.28. The smallest absolute Gasteiger partial charge is 0.243 e. The maximum atomic E-state index is 12.7. The molecule has 3 aromatic rings. The van der Waals surface area contributed by atoms with Crippen LogP contribution in [0.15, 0.2) is 66.7 Å². The molecule has 0 aliphatic heterocycles. The van der Waals surface area contributed by atoms with Crippen LogP contribution in [0.4, 0.5) is 5.69 Å². The van der Waals surface area contributed by atoms with Crippen LogP contribution in [0.1, 0.15) is 12.5 Å². The standard InChI is InChI=1S/C21H21ClN2O3S/c1-15(24(28(2,26)27)20-11-9-19(22)10-12-20)21(25)23-14-16-7-8-17-5-3-4-6-18(17)13-16/h3-13,15H,14H2,1-2H3,(H,23,25). The van der Waals surface area contributed by atoms with Crippen molar-refractivity contribution in [1.82, 2.24) is 5.32 Å². The maximum absolute atomic E-state index is 12.7. The number of amides is 1. The normalized spacial score (nSPS) is 12.5. The summed E-state index contributed by atoms with van der Waals surface area (Å²) in [5.41, 5.74) is 1.33. The number of carbonyl (C=O) groups is 1. The summed E-state index contributed by atoms with van der Waals surface area (Å²) in [7, 11) is -3.66. The summed E-state index contributed by atoms with van der Waals surface area (Å²) in [5.74, 6) is -0.381. The molecule has 0 aliphatic rings. The minimum atomic E-state index is -3.66. The lowest BCUT2D eigenvalue weighted by Gasteiger charge is -2.28. The van der Waals surface area contributed by atoms with Gasteiger partial charge in [-0.15, -0.1) is 0 Å². The lowest BCUT2D eigenvalue weighted by atomic mass is 10.1. The van der Waals surface area contributed by atoms with Gasteiger partial charge in [0.05, 0.1) is 11.9 Å². The van der Waals surface area contributed by atoms with Crippen molar-refractivity contribution in [3.05, 3.63) is 77.3 Å². The van der Waals surface area contributed by atoms with Gasteiger partial charge in [0.15, 0.2) is 0 Å². The van der Waals surface area contributed by atoms with Crippen molar-refractivity contribution in [2.24, 2.45) is 0 Å². The lowest BCUT2D eigenvalue weighted by molar-refractivity contribution is -0.122. The molecule has 146 valence electrons. The van der Waals surface area contributed by atoms with Crippen LogP contribution in [-0.2, 0) is 21.4 Å². The fourth-order valence-electron chi connectivity index (χ4n) is 3.08. The molecular weight excluding hydrogens is 396 g/mol. The number of anilines is 1. The first-order chi connectivity index (χ1) is 13.3. The number of carbonyl (C=O) groups excluding carboxylic acids is 1. The number of fused-ring (bicyclic) bond motifs is 1. The van der Waals surface area contributed by atoms with E-state index in [9.17, 15) is 13.2 Å². The van der Waals surface area contributed by atoms with E-state index in [1.807, 2.05) is 42.5 Å². The van der Waals surface area contributed by atoms with Crippen molar-refractivity contribution < 1.29 is 13.2 Å². The number of hydrogen-bond acceptors (Lipinski definition) is 3. The summed E-state index contributed by atoms with van der Waals surface area (Å²) in [6.07, 6.45) is 1.08. The van der Waals surface area contributed by atoms with Gasteiger partial charge >= 0.3 is 0 Å². The Morgan fingerprint density at radius 1 is 1.04 bits per heavy atom. The average molecular weight is 417 g/mol. The maximum Gasteiger partial charge on any atom is 0.243 e. The Labute approximate surface area is 170 Å². The fourth-order valence-corrected chi connectivity index (χ4v) is 4.38. The van der Waals surface area contributed by atoms with Gasteiger partial charge in [0.25, 0.3) is 0 Å². The molecule has 1 atom stereocenters. The summed E-state index contributed by atoms with van der Waals surface area (Å²) in [6.45, 7) is 1.87. The zero-order valence-corrected chi connectivity index (χ0v) is 17.2. The molecule has 0 aliphatic carbocycles. The number of rotatable bonds is 6. The Kier molecular flexibility index (Phi) is 5.91. The van der Waals surface area contributed by atoms with Crippen molar-refractivity contribution in [3.63, 3.8) is 0 Å². The number of nitrogens with one attached hydrogen (secondary N) is 1. The van der Waals surface area contributed by atoms with Crippen LogP contribution in [0, 0.1) is 0 Å². The van der Waals surface area contributed by atoms with Crippen molar-refractivity contribution in [1.29, 1.82) is 0 Å². The van der Waals surface area contributed by atoms with Gasteiger partial charge in [0, 0.05) is 11.6 Å². The molecule has 0 bridgehead atoms. The number of benzene rings is 3. The third-order valence-electron chi connectivity index (χ3n) is 4.45. The quantitative estimate of drug-likeness (QED) is 0.661. The van der Waals surface area contributed by atoms with Crippen LogP contribution < -0.4 is 9.62 Å². The van der Waals surface area contributed by atoms with E-state index in [4.69, 9.17) is 11.6 Å². The third-order valence-corrected chi connectivity index (χ3v) is 5.94. The van der Waals surface area contributed by atoms with Crippen molar-refractivity contribution in [2.75, 3.05) is 10.6 Å². The largest absolute Gasteiger partial charge is 0.350 e. The Morgan fingerprint density at radius 2 is 1.68 bits per heavy atom. The van der Waals surface area contributed by atoms with Gasteiger partial charge in [0.1, 0.15) is 6.04 Å². The molecule has 1 amide bonds. The fraction of sp³-hybridized carbons (Fsp3) is 0.190. The molecule has 3 rings (SSSR count). The second-order valence-corrected chi connectivity index (χ2v) is 8.91. The molecule has 28 heavy (non-hydrogen) atoms. The Morgan fingerprint density at radius 3 is 2.32 bits per heavy atom. The molecule has 0 saturated heterocycles. The van der Waals surface area contributed by atoms with Crippen LogP contribution in [-0.4, -0.2) is 26.6 Å². The Balaban J connectivity index is 1.76. The molecule has 0 radical (unpaired) electrons. The van der Waals surface area contributed by atoms with E-state index in [1.165, 1.54) is 0 Å². The molecule has 7 heteroatoms. The molecule has 1 unspecified atom stereocenters. The van der Waals surface area contributed by atoms with E-state index < -0.39 is 16.1 Å². The molecule has 0 aromatic heterocycles. The predicted molar refractivity (Wildman–Crippen MR) is 114 cm³/mol. The van der Waals surface area contributed by atoms with Gasteiger partial charge in [-0.05, 0) is 53.6 Å². The summed E-state index contributed by atoms with van der Waals surface area (Å²) < 4.78 is 25.7. The van der Waals surface area contributed by atoms with Crippen LogP contribution in [0.25, 0.3) is 10.8 Å². The molecule has 0 heterocycles. The summed E-state index contributed by atoms with van der Waals surface area (Å²) in [5, 5.41) is 5.52. The molecule has 0 saturated carbocycles. The van der Waals surface area contributed by atoms with E-state index in [1.54, 1.807) is 31.2 Å². The number of nitrogens with zero attached hydrogens (tertiary/aromatic N) is 1. The summed E-state index contributed by atoms with van der Waals surface area (Å²) >= 11 is 5.88. The topological polar surface area (TPSA) is 66.5 Å². The van der Waals surface area contributed by atoms with Crippen LogP contribution in [0.5, 0.6) is 0 Å². The Bertz CT molecular complexity index is 1100. The van der Waals surface area contributed by atoms with Crippen molar-refractivity contribution in [3.8, 4) is 0 Å². The summed E-state index contributed by atoms with van der Waals surface area (Å²) in [6, 6.07) is 19.4. The van der Waals surface area contributed by atoms with E-state index in [0.717, 1.165) is 26.9 Å². The zero-order valence-electron chi connectivity index (χ0n) is 15.6. The molecule has 1 N–H and O–H groups in total. The highest BCUT2D eigenvalue weighted by molar-refractivity contribution is 7.92. The first kappa shape index (κ1) is 20.2. The van der Waals surface area contributed by atoms with Crippen LogP contribution in [0.2, 0.25) is 5.02 Å². The second-order valence-electron chi connectivity index (χ2n) is 6.61. The van der Waals surface area contributed by atoms with Crippen molar-refractivity contribution in [2.45, 2.75) is 19.5 Å². The van der Waals surface area contributed by atoms with E-state index in [0.29, 0.717) is 17.3 Å². The molecule has 0 fully saturated rings. The monoisotopic (exact) mass is 416 g/mol. The van der Waals surface area contributed by atoms with Crippen molar-refractivity contribution >= 4 is 44.0 Å². The van der Waals surface area contributed by atoms with Gasteiger partial charge in [-0.3, -0.25) is 9.10 Å². The number of halogens is 1. The third kappa shape index (κ3) is 4.64. The lowest BCUT2D eigenvalue weighted by Crippen LogP contribution is -2.47. The second kappa shape index (κ2) is 8.20. The van der Waals surface area contributed by atoms with E-state index >= 15 is 0 Å². The number of sulfonamides is 1. The van der Waals surface area contributed by atoms with E-state index in [2.05, 4.69) is 5.32 Å². The number of hydrogen-bond donors (Lipinski definition) is 1. The SMILES string of the molecule is CC(C(=O)NCc1ccc2ccccc2c1)N(c1ccc(Cl)cc1)S(C)(=O)=O. The molecule has 0 spiro atoms. The molecular formula is C21H21ClN2O3S. The van der Waals surface area contributed by atoms with Crippen LogP contribution >= 0.6 is 11.6 Å².